The maximum Gasteiger partial charge on any atom is 0.354 e. The van der Waals surface area contributed by atoms with Gasteiger partial charge in [-0.3, -0.25) is 4.79 Å². The summed E-state index contributed by atoms with van der Waals surface area (Å²) in [6.45, 7) is 6.55. The summed E-state index contributed by atoms with van der Waals surface area (Å²) in [5.74, 6) is -1.49. The van der Waals surface area contributed by atoms with Gasteiger partial charge in [0, 0.05) is 24.8 Å². The van der Waals surface area contributed by atoms with Crippen molar-refractivity contribution in [3.8, 4) is 0 Å². The van der Waals surface area contributed by atoms with E-state index >= 15 is 0 Å². The normalized spacial score (nSPS) is 12.6. The molecule has 0 radical (unpaired) electrons. The Bertz CT molecular complexity index is 1360. The van der Waals surface area contributed by atoms with Gasteiger partial charge < -0.3 is 9.30 Å². The molecule has 0 saturated heterocycles. The van der Waals surface area contributed by atoms with Crippen LogP contribution in [-0.2, 0) is 28.4 Å². The number of aryl methyl sites for hydroxylation is 1. The lowest BCUT2D eigenvalue weighted by Gasteiger charge is -2.28. The molecule has 0 N–H and O–H groups in total. The van der Waals surface area contributed by atoms with Crippen LogP contribution in [0, 0.1) is 26.6 Å². The Hall–Kier alpha value is -3.30. The molecule has 1 heterocycles. The Morgan fingerprint density at radius 2 is 1.60 bits per heavy atom. The topological polar surface area (TPSA) is 85.7 Å². The molecular weight excluding hydrogens is 471 g/mol. The van der Waals surface area contributed by atoms with E-state index in [2.05, 4.69) is 0 Å². The molecule has 0 bridgehead atoms. The summed E-state index contributed by atoms with van der Waals surface area (Å²) in [5, 5.41) is 0. The van der Waals surface area contributed by atoms with Gasteiger partial charge in [0.15, 0.2) is 5.78 Å². The van der Waals surface area contributed by atoms with Gasteiger partial charge >= 0.3 is 5.97 Å². The molecule has 0 aliphatic rings. The molecule has 3 aromatic rings. The van der Waals surface area contributed by atoms with E-state index in [0.717, 1.165) is 9.87 Å². The second-order valence-corrected chi connectivity index (χ2v) is 10.4. The predicted octanol–water partition coefficient (Wildman–Crippen LogP) is 4.34. The minimum Gasteiger partial charge on any atom is -0.464 e. The zero-order valence-electron chi connectivity index (χ0n) is 20.6. The SMILES string of the molecule is COC(=O)c1c(C)c(C(=O)C(C)N(Cc2ccc(F)cc2)S(=O)(=O)c2ccc(C)cc2)c(C)n1C. The number of aromatic nitrogens is 1. The van der Waals surface area contributed by atoms with Crippen LogP contribution < -0.4 is 0 Å². The zero-order valence-corrected chi connectivity index (χ0v) is 21.4. The molecule has 0 aliphatic carbocycles. The maximum absolute atomic E-state index is 13.7. The third kappa shape index (κ3) is 5.06. The molecule has 7 nitrogen and oxygen atoms in total. The van der Waals surface area contributed by atoms with Crippen LogP contribution in [0.25, 0.3) is 0 Å². The average molecular weight is 501 g/mol. The van der Waals surface area contributed by atoms with Gasteiger partial charge in [0.1, 0.15) is 11.5 Å². The first-order chi connectivity index (χ1) is 16.4. The zero-order chi connectivity index (χ0) is 26.1. The van der Waals surface area contributed by atoms with Crippen molar-refractivity contribution in [1.29, 1.82) is 0 Å². The monoisotopic (exact) mass is 500 g/mol. The van der Waals surface area contributed by atoms with Gasteiger partial charge in [0.25, 0.3) is 0 Å². The third-order valence-electron chi connectivity index (χ3n) is 6.25. The molecule has 1 aromatic heterocycles. The number of halogens is 1. The van der Waals surface area contributed by atoms with Crippen molar-refractivity contribution in [1.82, 2.24) is 8.87 Å². The molecule has 1 atom stereocenters. The lowest BCUT2D eigenvalue weighted by atomic mass is 10.0. The van der Waals surface area contributed by atoms with E-state index in [1.807, 2.05) is 6.92 Å². The number of rotatable bonds is 8. The van der Waals surface area contributed by atoms with Crippen LogP contribution in [0.3, 0.4) is 0 Å². The maximum atomic E-state index is 13.7. The molecular formula is C26H29FN2O5S. The van der Waals surface area contributed by atoms with E-state index in [1.54, 1.807) is 37.6 Å². The first-order valence-corrected chi connectivity index (χ1v) is 12.5. The van der Waals surface area contributed by atoms with E-state index < -0.39 is 33.6 Å². The number of benzene rings is 2. The number of hydrogen-bond donors (Lipinski definition) is 0. The highest BCUT2D eigenvalue weighted by Crippen LogP contribution is 2.28. The summed E-state index contributed by atoms with van der Waals surface area (Å²) in [6, 6.07) is 10.7. The van der Waals surface area contributed by atoms with Crippen LogP contribution >= 0.6 is 0 Å². The Balaban J connectivity index is 2.11. The summed E-state index contributed by atoms with van der Waals surface area (Å²) < 4.78 is 48.4. The molecule has 1 unspecified atom stereocenters. The van der Waals surface area contributed by atoms with E-state index in [0.29, 0.717) is 16.8 Å². The highest BCUT2D eigenvalue weighted by molar-refractivity contribution is 7.89. The standard InChI is InChI=1S/C26H29FN2O5S/c1-16-7-13-22(14-8-16)35(32,33)29(15-20-9-11-21(27)12-10-20)19(4)25(30)23-17(2)24(26(31)34-6)28(5)18(23)3/h7-14,19H,15H2,1-6H3. The Labute approximate surface area is 205 Å². The molecule has 0 aliphatic heterocycles. The molecule has 0 fully saturated rings. The molecule has 0 saturated carbocycles. The van der Waals surface area contributed by atoms with Crippen molar-refractivity contribution in [2.45, 2.75) is 45.2 Å². The van der Waals surface area contributed by atoms with Gasteiger partial charge in [-0.15, -0.1) is 0 Å². The molecule has 35 heavy (non-hydrogen) atoms. The van der Waals surface area contributed by atoms with Crippen molar-refractivity contribution in [3.05, 3.63) is 88.0 Å². The highest BCUT2D eigenvalue weighted by atomic mass is 32.2. The number of ketones is 1. The largest absolute Gasteiger partial charge is 0.464 e. The molecule has 9 heteroatoms. The van der Waals surface area contributed by atoms with E-state index in [-0.39, 0.29) is 22.7 Å². The number of nitrogens with zero attached hydrogens (tertiary/aromatic N) is 2. The quantitative estimate of drug-likeness (QED) is 0.339. The number of esters is 1. The predicted molar refractivity (Wildman–Crippen MR) is 130 cm³/mol. The molecule has 2 aromatic carbocycles. The van der Waals surface area contributed by atoms with Crippen LogP contribution in [0.5, 0.6) is 0 Å². The van der Waals surface area contributed by atoms with E-state index in [1.165, 1.54) is 50.4 Å². The van der Waals surface area contributed by atoms with Crippen molar-refractivity contribution < 1.29 is 27.1 Å². The van der Waals surface area contributed by atoms with Gasteiger partial charge in [0.05, 0.1) is 18.0 Å². The van der Waals surface area contributed by atoms with Crippen molar-refractivity contribution >= 4 is 21.8 Å². The van der Waals surface area contributed by atoms with Crippen molar-refractivity contribution in [2.75, 3.05) is 7.11 Å². The smallest absolute Gasteiger partial charge is 0.354 e. The molecule has 186 valence electrons. The number of carbonyl (C=O) groups is 2. The van der Waals surface area contributed by atoms with E-state index in [4.69, 9.17) is 4.74 Å². The second kappa shape index (κ2) is 10.1. The fraction of sp³-hybridized carbons (Fsp3) is 0.308. The number of carbonyl (C=O) groups excluding carboxylic acids is 2. The summed E-state index contributed by atoms with van der Waals surface area (Å²) in [6.07, 6.45) is 0. The van der Waals surface area contributed by atoms with Gasteiger partial charge in [-0.1, -0.05) is 29.8 Å². The van der Waals surface area contributed by atoms with Crippen molar-refractivity contribution in [2.24, 2.45) is 7.05 Å². The fourth-order valence-corrected chi connectivity index (χ4v) is 5.69. The van der Waals surface area contributed by atoms with Crippen LogP contribution in [0.15, 0.2) is 53.4 Å². The van der Waals surface area contributed by atoms with E-state index in [9.17, 15) is 22.4 Å². The third-order valence-corrected chi connectivity index (χ3v) is 8.18. The van der Waals surface area contributed by atoms with Crippen LogP contribution in [0.4, 0.5) is 4.39 Å². The lowest BCUT2D eigenvalue weighted by Crippen LogP contribution is -2.43. The van der Waals surface area contributed by atoms with Gasteiger partial charge in [0.2, 0.25) is 10.0 Å². The molecule has 0 spiro atoms. The number of ether oxygens (including phenoxy) is 1. The Kier molecular flexibility index (Phi) is 7.62. The lowest BCUT2D eigenvalue weighted by molar-refractivity contribution is 0.0588. The fourth-order valence-electron chi connectivity index (χ4n) is 4.11. The number of sulfonamides is 1. The van der Waals surface area contributed by atoms with Gasteiger partial charge in [-0.25, -0.2) is 17.6 Å². The number of methoxy groups -OCH3 is 1. The number of Topliss-reactive ketones (excluding diaryl/α,β-unsaturated/α-hetero) is 1. The first kappa shape index (κ1) is 26.3. The molecule has 0 amide bonds. The van der Waals surface area contributed by atoms with Crippen LogP contribution in [0.1, 0.15) is 50.2 Å². The number of hydrogen-bond acceptors (Lipinski definition) is 5. The van der Waals surface area contributed by atoms with Crippen molar-refractivity contribution in [3.63, 3.8) is 0 Å². The Morgan fingerprint density at radius 3 is 2.14 bits per heavy atom. The summed E-state index contributed by atoms with van der Waals surface area (Å²) in [5.41, 5.74) is 2.86. The average Bonchev–Trinajstić information content (AvgIpc) is 3.05. The first-order valence-electron chi connectivity index (χ1n) is 11.0. The molecule has 3 rings (SSSR count). The van der Waals surface area contributed by atoms with Crippen LogP contribution in [0.2, 0.25) is 0 Å². The van der Waals surface area contributed by atoms with Gasteiger partial charge in [-0.05, 0) is 63.1 Å². The van der Waals surface area contributed by atoms with Gasteiger partial charge in [-0.2, -0.15) is 4.31 Å². The summed E-state index contributed by atoms with van der Waals surface area (Å²) >= 11 is 0. The second-order valence-electron chi connectivity index (χ2n) is 8.51. The summed E-state index contributed by atoms with van der Waals surface area (Å²) in [4.78, 5) is 26.1. The minimum atomic E-state index is -4.11. The summed E-state index contributed by atoms with van der Waals surface area (Å²) in [7, 11) is -1.20. The highest BCUT2D eigenvalue weighted by Gasteiger charge is 2.36. The minimum absolute atomic E-state index is 0.0432. The Morgan fingerprint density at radius 1 is 1.03 bits per heavy atom. The van der Waals surface area contributed by atoms with Crippen LogP contribution in [-0.4, -0.2) is 42.2 Å².